The zero-order chi connectivity index (χ0) is 15.4. The van der Waals surface area contributed by atoms with E-state index in [2.05, 4.69) is 70.7 Å². The highest BCUT2D eigenvalue weighted by atomic mass is 15.2. The summed E-state index contributed by atoms with van der Waals surface area (Å²) < 4.78 is 0. The first-order valence-corrected chi connectivity index (χ1v) is 8.31. The third kappa shape index (κ3) is 3.57. The van der Waals surface area contributed by atoms with Crippen LogP contribution in [0.5, 0.6) is 0 Å². The fourth-order valence-corrected chi connectivity index (χ4v) is 3.18. The summed E-state index contributed by atoms with van der Waals surface area (Å²) in [4.78, 5) is 2.57. The van der Waals surface area contributed by atoms with E-state index in [1.165, 1.54) is 17.7 Å². The molecule has 118 valence electrons. The Morgan fingerprint density at radius 1 is 1.36 bits per heavy atom. The molecule has 1 aromatic carbocycles. The number of hydrogen-bond donors (Lipinski definition) is 2. The van der Waals surface area contributed by atoms with Gasteiger partial charge in [0.25, 0.3) is 0 Å². The molecule has 0 spiro atoms. The summed E-state index contributed by atoms with van der Waals surface area (Å²) in [6, 6.07) is 14.0. The lowest BCUT2D eigenvalue weighted by atomic mass is 10.1. The first kappa shape index (κ1) is 15.3. The Morgan fingerprint density at radius 2 is 2.18 bits per heavy atom. The number of H-pyrrole nitrogens is 1. The number of nitrogens with one attached hydrogen (secondary N) is 2. The highest BCUT2D eigenvalue weighted by molar-refractivity contribution is 5.18. The maximum Gasteiger partial charge on any atom is 0.0622 e. The number of aromatic amines is 1. The largest absolute Gasteiger partial charge is 0.307 e. The maximum atomic E-state index is 4.29. The van der Waals surface area contributed by atoms with Crippen molar-refractivity contribution in [2.75, 3.05) is 13.1 Å². The summed E-state index contributed by atoms with van der Waals surface area (Å²) in [5.41, 5.74) is 3.73. The van der Waals surface area contributed by atoms with Gasteiger partial charge in [0, 0.05) is 37.4 Å². The molecule has 0 bridgehead atoms. The lowest BCUT2D eigenvalue weighted by molar-refractivity contribution is 0.255. The standard InChI is InChI=1S/C18H26N4/c1-3-16-11-18(21-20-16)12-19-17-9-10-22(13-17)14(2)15-7-5-4-6-8-15/h4-8,11,14,17,19H,3,9-10,12-13H2,1-2H3,(H,20,21)/t14-,17-/m0/s1. The molecule has 1 fully saturated rings. The Hall–Kier alpha value is -1.65. The van der Waals surface area contributed by atoms with Gasteiger partial charge in [0.05, 0.1) is 5.69 Å². The third-order valence-corrected chi connectivity index (χ3v) is 4.68. The van der Waals surface area contributed by atoms with E-state index in [4.69, 9.17) is 0 Å². The van der Waals surface area contributed by atoms with Gasteiger partial charge in [-0.2, -0.15) is 5.10 Å². The number of aryl methyl sites for hydroxylation is 1. The number of benzene rings is 1. The van der Waals surface area contributed by atoms with Crippen LogP contribution in [0.15, 0.2) is 36.4 Å². The van der Waals surface area contributed by atoms with Gasteiger partial charge in [-0.1, -0.05) is 37.3 Å². The summed E-state index contributed by atoms with van der Waals surface area (Å²) in [5, 5.41) is 11.1. The molecule has 0 aliphatic carbocycles. The van der Waals surface area contributed by atoms with Crippen molar-refractivity contribution in [1.29, 1.82) is 0 Å². The number of rotatable bonds is 6. The molecule has 1 aliphatic heterocycles. The predicted molar refractivity (Wildman–Crippen MR) is 89.6 cm³/mol. The molecule has 4 heteroatoms. The van der Waals surface area contributed by atoms with E-state index in [9.17, 15) is 0 Å². The summed E-state index contributed by atoms with van der Waals surface area (Å²) in [5.74, 6) is 0. The molecule has 22 heavy (non-hydrogen) atoms. The quantitative estimate of drug-likeness (QED) is 0.862. The van der Waals surface area contributed by atoms with Crippen LogP contribution in [0.3, 0.4) is 0 Å². The van der Waals surface area contributed by atoms with Crippen molar-refractivity contribution in [3.8, 4) is 0 Å². The van der Waals surface area contributed by atoms with Crippen LogP contribution in [0, 0.1) is 0 Å². The summed E-state index contributed by atoms with van der Waals surface area (Å²) in [6.45, 7) is 7.60. The van der Waals surface area contributed by atoms with E-state index in [1.807, 2.05) is 0 Å². The Kier molecular flexibility index (Phi) is 4.90. The van der Waals surface area contributed by atoms with Crippen molar-refractivity contribution in [2.45, 2.75) is 45.3 Å². The van der Waals surface area contributed by atoms with Crippen LogP contribution in [0.25, 0.3) is 0 Å². The molecular formula is C18H26N4. The van der Waals surface area contributed by atoms with Gasteiger partial charge in [-0.15, -0.1) is 0 Å². The molecule has 4 nitrogen and oxygen atoms in total. The minimum absolute atomic E-state index is 0.492. The van der Waals surface area contributed by atoms with Crippen molar-refractivity contribution < 1.29 is 0 Å². The van der Waals surface area contributed by atoms with Crippen LogP contribution in [0.4, 0.5) is 0 Å². The minimum Gasteiger partial charge on any atom is -0.307 e. The molecule has 1 saturated heterocycles. The molecule has 2 heterocycles. The molecule has 1 aliphatic rings. The van der Waals surface area contributed by atoms with Gasteiger partial charge in [-0.3, -0.25) is 10.00 Å². The van der Waals surface area contributed by atoms with E-state index in [1.54, 1.807) is 0 Å². The summed E-state index contributed by atoms with van der Waals surface area (Å²) in [6.07, 6.45) is 2.20. The average molecular weight is 298 g/mol. The molecule has 2 aromatic rings. The van der Waals surface area contributed by atoms with Crippen molar-refractivity contribution in [1.82, 2.24) is 20.4 Å². The highest BCUT2D eigenvalue weighted by Gasteiger charge is 2.26. The number of likely N-dealkylation sites (tertiary alicyclic amines) is 1. The first-order valence-electron chi connectivity index (χ1n) is 8.31. The van der Waals surface area contributed by atoms with Crippen LogP contribution in [0.1, 0.15) is 43.3 Å². The second-order valence-corrected chi connectivity index (χ2v) is 6.19. The molecule has 0 saturated carbocycles. The average Bonchev–Trinajstić information content (AvgIpc) is 3.22. The molecule has 2 atom stereocenters. The summed E-state index contributed by atoms with van der Waals surface area (Å²) in [7, 11) is 0. The molecule has 2 N–H and O–H groups in total. The van der Waals surface area contributed by atoms with E-state index in [0.717, 1.165) is 31.7 Å². The Labute approximate surface area is 132 Å². The first-order chi connectivity index (χ1) is 10.8. The van der Waals surface area contributed by atoms with Gasteiger partial charge >= 0.3 is 0 Å². The Morgan fingerprint density at radius 3 is 2.91 bits per heavy atom. The fraction of sp³-hybridized carbons (Fsp3) is 0.500. The van der Waals surface area contributed by atoms with E-state index in [-0.39, 0.29) is 0 Å². The molecule has 3 rings (SSSR count). The van der Waals surface area contributed by atoms with Gasteiger partial charge < -0.3 is 5.32 Å². The number of hydrogen-bond acceptors (Lipinski definition) is 3. The lowest BCUT2D eigenvalue weighted by Gasteiger charge is -2.24. The zero-order valence-corrected chi connectivity index (χ0v) is 13.5. The van der Waals surface area contributed by atoms with E-state index in [0.29, 0.717) is 12.1 Å². The van der Waals surface area contributed by atoms with Crippen molar-refractivity contribution in [2.24, 2.45) is 0 Å². The van der Waals surface area contributed by atoms with Crippen molar-refractivity contribution in [3.05, 3.63) is 53.3 Å². The molecule has 0 unspecified atom stereocenters. The predicted octanol–water partition coefficient (Wildman–Crippen LogP) is 2.90. The van der Waals surface area contributed by atoms with E-state index >= 15 is 0 Å². The van der Waals surface area contributed by atoms with Crippen LogP contribution in [-0.4, -0.2) is 34.2 Å². The van der Waals surface area contributed by atoms with Gasteiger partial charge in [0.1, 0.15) is 0 Å². The van der Waals surface area contributed by atoms with Gasteiger partial charge in [-0.05, 0) is 31.4 Å². The van der Waals surface area contributed by atoms with Crippen molar-refractivity contribution >= 4 is 0 Å². The highest BCUT2D eigenvalue weighted by Crippen LogP contribution is 2.24. The topological polar surface area (TPSA) is 44.0 Å². The smallest absolute Gasteiger partial charge is 0.0622 e. The monoisotopic (exact) mass is 298 g/mol. The van der Waals surface area contributed by atoms with Gasteiger partial charge in [0.2, 0.25) is 0 Å². The van der Waals surface area contributed by atoms with Crippen molar-refractivity contribution in [3.63, 3.8) is 0 Å². The lowest BCUT2D eigenvalue weighted by Crippen LogP contribution is -2.33. The molecular weight excluding hydrogens is 272 g/mol. The summed E-state index contributed by atoms with van der Waals surface area (Å²) >= 11 is 0. The van der Waals surface area contributed by atoms with Crippen LogP contribution < -0.4 is 5.32 Å². The second kappa shape index (κ2) is 7.07. The van der Waals surface area contributed by atoms with Gasteiger partial charge in [0.15, 0.2) is 0 Å². The van der Waals surface area contributed by atoms with Crippen LogP contribution in [0.2, 0.25) is 0 Å². The molecule has 0 amide bonds. The van der Waals surface area contributed by atoms with Crippen LogP contribution in [-0.2, 0) is 13.0 Å². The van der Waals surface area contributed by atoms with Gasteiger partial charge in [-0.25, -0.2) is 0 Å². The maximum absolute atomic E-state index is 4.29. The minimum atomic E-state index is 0.492. The second-order valence-electron chi connectivity index (χ2n) is 6.19. The normalized spacial score (nSPS) is 20.4. The van der Waals surface area contributed by atoms with E-state index < -0.39 is 0 Å². The Balaban J connectivity index is 1.49. The van der Waals surface area contributed by atoms with Crippen LogP contribution >= 0.6 is 0 Å². The molecule has 1 aromatic heterocycles. The third-order valence-electron chi connectivity index (χ3n) is 4.68. The SMILES string of the molecule is CCc1cc(CN[C@H]2CCN([C@@H](C)c3ccccc3)C2)[nH]n1. The number of aromatic nitrogens is 2. The number of nitrogens with zero attached hydrogens (tertiary/aromatic N) is 2. The fourth-order valence-electron chi connectivity index (χ4n) is 3.18. The molecule has 0 radical (unpaired) electrons. The zero-order valence-electron chi connectivity index (χ0n) is 13.5. The Bertz CT molecular complexity index is 578.